The largest absolute Gasteiger partial charge is 0.480 e. The lowest BCUT2D eigenvalue weighted by molar-refractivity contribution is -0.142. The number of carboxylic acids is 1. The predicted octanol–water partition coefficient (Wildman–Crippen LogP) is 1.59. The molecule has 1 aliphatic rings. The van der Waals surface area contributed by atoms with Crippen molar-refractivity contribution in [1.29, 1.82) is 0 Å². The molecule has 1 aromatic rings. The molecule has 0 bridgehead atoms. The van der Waals surface area contributed by atoms with Crippen LogP contribution in [-0.2, 0) is 14.8 Å². The van der Waals surface area contributed by atoms with E-state index in [9.17, 15) is 22.0 Å². The van der Waals surface area contributed by atoms with E-state index in [1.54, 1.807) is 0 Å². The Morgan fingerprint density at radius 1 is 1.30 bits per heavy atom. The second-order valence-electron chi connectivity index (χ2n) is 4.54. The number of carbonyl (C=O) groups is 1. The first-order chi connectivity index (χ1) is 9.34. The van der Waals surface area contributed by atoms with Crippen LogP contribution in [0.4, 0.5) is 8.78 Å². The van der Waals surface area contributed by atoms with Gasteiger partial charge in [-0.25, -0.2) is 17.2 Å². The third kappa shape index (κ3) is 2.66. The SMILES string of the molecule is O=C(O)C1CCCCN1S(=O)(=O)c1cc(F)ccc1F. The smallest absolute Gasteiger partial charge is 0.322 e. The van der Waals surface area contributed by atoms with Gasteiger partial charge in [-0.1, -0.05) is 0 Å². The van der Waals surface area contributed by atoms with Crippen LogP contribution in [0.15, 0.2) is 23.1 Å². The molecule has 1 unspecified atom stereocenters. The van der Waals surface area contributed by atoms with Crippen LogP contribution in [0.1, 0.15) is 19.3 Å². The summed E-state index contributed by atoms with van der Waals surface area (Å²) in [6.07, 6.45) is 1.22. The van der Waals surface area contributed by atoms with Crippen molar-refractivity contribution in [2.45, 2.75) is 30.2 Å². The fraction of sp³-hybridized carbons (Fsp3) is 0.417. The van der Waals surface area contributed by atoms with Gasteiger partial charge in [-0.2, -0.15) is 4.31 Å². The Balaban J connectivity index is 2.47. The number of hydrogen-bond acceptors (Lipinski definition) is 3. The number of nitrogens with zero attached hydrogens (tertiary/aromatic N) is 1. The van der Waals surface area contributed by atoms with Crippen molar-refractivity contribution in [3.8, 4) is 0 Å². The zero-order valence-corrected chi connectivity index (χ0v) is 11.2. The van der Waals surface area contributed by atoms with Crippen molar-refractivity contribution < 1.29 is 27.1 Å². The molecule has 1 saturated heterocycles. The third-order valence-corrected chi connectivity index (χ3v) is 5.14. The summed E-state index contributed by atoms with van der Waals surface area (Å²) in [5.41, 5.74) is 0. The quantitative estimate of drug-likeness (QED) is 0.920. The van der Waals surface area contributed by atoms with Gasteiger partial charge in [0.1, 0.15) is 22.6 Å². The van der Waals surface area contributed by atoms with Gasteiger partial charge in [0.05, 0.1) is 0 Å². The van der Waals surface area contributed by atoms with Gasteiger partial charge < -0.3 is 5.11 Å². The molecule has 2 rings (SSSR count). The molecule has 110 valence electrons. The highest BCUT2D eigenvalue weighted by molar-refractivity contribution is 7.89. The average Bonchev–Trinajstić information content (AvgIpc) is 2.41. The zero-order chi connectivity index (χ0) is 14.9. The van der Waals surface area contributed by atoms with E-state index in [1.807, 2.05) is 0 Å². The highest BCUT2D eigenvalue weighted by Gasteiger charge is 2.38. The van der Waals surface area contributed by atoms with Crippen LogP contribution in [0, 0.1) is 11.6 Å². The van der Waals surface area contributed by atoms with Crippen LogP contribution < -0.4 is 0 Å². The van der Waals surface area contributed by atoms with E-state index in [0.717, 1.165) is 10.4 Å². The molecule has 0 spiro atoms. The van der Waals surface area contributed by atoms with Crippen LogP contribution in [0.2, 0.25) is 0 Å². The zero-order valence-electron chi connectivity index (χ0n) is 10.4. The number of halogens is 2. The van der Waals surface area contributed by atoms with E-state index < -0.39 is 38.6 Å². The fourth-order valence-corrected chi connectivity index (χ4v) is 3.97. The predicted molar refractivity (Wildman–Crippen MR) is 65.5 cm³/mol. The number of carboxylic acid groups (broad SMARTS) is 1. The number of rotatable bonds is 3. The van der Waals surface area contributed by atoms with Crippen molar-refractivity contribution in [3.05, 3.63) is 29.8 Å². The lowest BCUT2D eigenvalue weighted by Crippen LogP contribution is -2.48. The molecule has 1 N–H and O–H groups in total. The second kappa shape index (κ2) is 5.45. The van der Waals surface area contributed by atoms with E-state index >= 15 is 0 Å². The van der Waals surface area contributed by atoms with Crippen LogP contribution >= 0.6 is 0 Å². The molecule has 0 aromatic heterocycles. The molecular formula is C12H13F2NO4S. The molecular weight excluding hydrogens is 292 g/mol. The van der Waals surface area contributed by atoms with Crippen molar-refractivity contribution in [2.75, 3.05) is 6.54 Å². The monoisotopic (exact) mass is 305 g/mol. The summed E-state index contributed by atoms with van der Waals surface area (Å²) in [6, 6.07) is 0.843. The Morgan fingerprint density at radius 2 is 2.00 bits per heavy atom. The molecule has 0 radical (unpaired) electrons. The molecule has 8 heteroatoms. The van der Waals surface area contributed by atoms with E-state index in [1.165, 1.54) is 0 Å². The summed E-state index contributed by atoms with van der Waals surface area (Å²) in [5, 5.41) is 9.07. The number of hydrogen-bond donors (Lipinski definition) is 1. The molecule has 1 heterocycles. The summed E-state index contributed by atoms with van der Waals surface area (Å²) in [6.45, 7) is -0.0186. The number of sulfonamides is 1. The Kier molecular flexibility index (Phi) is 4.05. The normalized spacial score (nSPS) is 20.8. The standard InChI is InChI=1S/C12H13F2NO4S/c13-8-4-5-9(14)11(7-8)20(18,19)15-6-2-1-3-10(15)12(16)17/h4-5,7,10H,1-3,6H2,(H,16,17). The van der Waals surface area contributed by atoms with Gasteiger partial charge in [0.25, 0.3) is 0 Å². The summed E-state index contributed by atoms with van der Waals surface area (Å²) < 4.78 is 52.2. The van der Waals surface area contributed by atoms with Crippen molar-refractivity contribution in [2.24, 2.45) is 0 Å². The minimum atomic E-state index is -4.37. The molecule has 1 fully saturated rings. The number of benzene rings is 1. The summed E-state index contributed by atoms with van der Waals surface area (Å²) in [4.78, 5) is 10.3. The Labute approximate surface area is 114 Å². The van der Waals surface area contributed by atoms with E-state index in [2.05, 4.69) is 0 Å². The Bertz CT molecular complexity index is 632. The molecule has 5 nitrogen and oxygen atoms in total. The highest BCUT2D eigenvalue weighted by atomic mass is 32.2. The molecule has 1 aromatic carbocycles. The van der Waals surface area contributed by atoms with E-state index in [0.29, 0.717) is 25.0 Å². The average molecular weight is 305 g/mol. The topological polar surface area (TPSA) is 74.7 Å². The first kappa shape index (κ1) is 14.9. The van der Waals surface area contributed by atoms with E-state index in [-0.39, 0.29) is 13.0 Å². The van der Waals surface area contributed by atoms with Crippen LogP contribution in [0.25, 0.3) is 0 Å². The van der Waals surface area contributed by atoms with Gasteiger partial charge in [-0.3, -0.25) is 4.79 Å². The van der Waals surface area contributed by atoms with Crippen molar-refractivity contribution in [1.82, 2.24) is 4.31 Å². The Hall–Kier alpha value is -1.54. The van der Waals surface area contributed by atoms with Gasteiger partial charge in [-0.15, -0.1) is 0 Å². The van der Waals surface area contributed by atoms with Crippen LogP contribution in [-0.4, -0.2) is 36.4 Å². The summed E-state index contributed by atoms with van der Waals surface area (Å²) in [5.74, 6) is -3.28. The highest BCUT2D eigenvalue weighted by Crippen LogP contribution is 2.27. The molecule has 0 aliphatic carbocycles. The van der Waals surface area contributed by atoms with Gasteiger partial charge >= 0.3 is 5.97 Å². The van der Waals surface area contributed by atoms with E-state index in [4.69, 9.17) is 5.11 Å². The van der Waals surface area contributed by atoms with Gasteiger partial charge in [-0.05, 0) is 37.5 Å². The first-order valence-electron chi connectivity index (χ1n) is 6.04. The first-order valence-corrected chi connectivity index (χ1v) is 7.48. The minimum absolute atomic E-state index is 0.0186. The molecule has 20 heavy (non-hydrogen) atoms. The number of aliphatic carboxylic acids is 1. The second-order valence-corrected chi connectivity index (χ2v) is 6.40. The molecule has 1 atom stereocenters. The van der Waals surface area contributed by atoms with Gasteiger partial charge in [0.15, 0.2) is 0 Å². The van der Waals surface area contributed by atoms with Gasteiger partial charge in [0, 0.05) is 6.54 Å². The maximum absolute atomic E-state index is 13.6. The van der Waals surface area contributed by atoms with Crippen molar-refractivity contribution in [3.63, 3.8) is 0 Å². The number of piperidine rings is 1. The third-order valence-electron chi connectivity index (χ3n) is 3.22. The maximum Gasteiger partial charge on any atom is 0.322 e. The van der Waals surface area contributed by atoms with Gasteiger partial charge in [0.2, 0.25) is 10.0 Å². The minimum Gasteiger partial charge on any atom is -0.480 e. The fourth-order valence-electron chi connectivity index (χ4n) is 2.24. The van der Waals surface area contributed by atoms with Crippen LogP contribution in [0.3, 0.4) is 0 Å². The molecule has 0 amide bonds. The van der Waals surface area contributed by atoms with Crippen LogP contribution in [0.5, 0.6) is 0 Å². The lowest BCUT2D eigenvalue weighted by atomic mass is 10.1. The summed E-state index contributed by atoms with van der Waals surface area (Å²) >= 11 is 0. The lowest BCUT2D eigenvalue weighted by Gasteiger charge is -2.31. The Morgan fingerprint density at radius 3 is 2.65 bits per heavy atom. The summed E-state index contributed by atoms with van der Waals surface area (Å²) in [7, 11) is -4.37. The van der Waals surface area contributed by atoms with Crippen molar-refractivity contribution >= 4 is 16.0 Å². The maximum atomic E-state index is 13.6. The molecule has 0 saturated carbocycles. The molecule has 1 aliphatic heterocycles.